The van der Waals surface area contributed by atoms with Crippen LogP contribution in [0.2, 0.25) is 0 Å². The minimum atomic E-state index is 0.429. The van der Waals surface area contributed by atoms with Crippen LogP contribution in [-0.2, 0) is 13.1 Å². The maximum Gasteiger partial charge on any atom is 0.151 e. The molecule has 0 unspecified atom stereocenters. The van der Waals surface area contributed by atoms with Gasteiger partial charge >= 0.3 is 0 Å². The molecule has 0 radical (unpaired) electrons. The molecule has 0 aliphatic carbocycles. The Hall–Kier alpha value is -1.94. The quantitative estimate of drug-likeness (QED) is 0.870. The van der Waals surface area contributed by atoms with Crippen molar-refractivity contribution in [3.05, 3.63) is 53.7 Å². The van der Waals surface area contributed by atoms with E-state index in [1.54, 1.807) is 0 Å². The summed E-state index contributed by atoms with van der Waals surface area (Å²) in [6.07, 6.45) is 0. The molecular formula is C14H18N4. The Morgan fingerprint density at radius 1 is 1.06 bits per heavy atom. The van der Waals surface area contributed by atoms with Crippen LogP contribution < -0.4 is 10.6 Å². The van der Waals surface area contributed by atoms with E-state index in [0.29, 0.717) is 6.54 Å². The van der Waals surface area contributed by atoms with Crippen LogP contribution in [0, 0.1) is 0 Å². The van der Waals surface area contributed by atoms with Gasteiger partial charge in [0.05, 0.1) is 5.69 Å². The third kappa shape index (κ3) is 3.05. The molecule has 1 aromatic heterocycles. The normalized spacial score (nSPS) is 10.3. The third-order valence-corrected chi connectivity index (χ3v) is 2.84. The number of aromatic nitrogens is 2. The first-order valence-electron chi connectivity index (χ1n) is 6.15. The summed E-state index contributed by atoms with van der Waals surface area (Å²) in [5.41, 5.74) is 7.60. The van der Waals surface area contributed by atoms with E-state index in [2.05, 4.69) is 34.2 Å². The lowest BCUT2D eigenvalue weighted by Crippen LogP contribution is -2.23. The molecule has 18 heavy (non-hydrogen) atoms. The Bertz CT molecular complexity index is 467. The molecule has 1 aromatic carbocycles. The van der Waals surface area contributed by atoms with Crippen molar-refractivity contribution in [1.82, 2.24) is 10.2 Å². The summed E-state index contributed by atoms with van der Waals surface area (Å²) in [5.74, 6) is 0.888. The molecule has 0 aliphatic rings. The van der Waals surface area contributed by atoms with Crippen LogP contribution in [0.4, 0.5) is 5.82 Å². The summed E-state index contributed by atoms with van der Waals surface area (Å²) in [6, 6.07) is 14.3. The number of anilines is 1. The second-order valence-electron chi connectivity index (χ2n) is 4.09. The highest BCUT2D eigenvalue weighted by molar-refractivity contribution is 5.38. The van der Waals surface area contributed by atoms with E-state index in [1.807, 2.05) is 30.3 Å². The van der Waals surface area contributed by atoms with Gasteiger partial charge in [-0.05, 0) is 24.6 Å². The minimum absolute atomic E-state index is 0.429. The number of hydrogen-bond acceptors (Lipinski definition) is 4. The zero-order chi connectivity index (χ0) is 12.8. The van der Waals surface area contributed by atoms with Gasteiger partial charge < -0.3 is 10.6 Å². The zero-order valence-corrected chi connectivity index (χ0v) is 10.6. The first-order chi connectivity index (χ1) is 8.83. The molecule has 1 heterocycles. The first kappa shape index (κ1) is 12.5. The van der Waals surface area contributed by atoms with Crippen molar-refractivity contribution in [2.75, 3.05) is 11.4 Å². The van der Waals surface area contributed by atoms with E-state index in [9.17, 15) is 0 Å². The Morgan fingerprint density at radius 2 is 1.83 bits per heavy atom. The van der Waals surface area contributed by atoms with Gasteiger partial charge in [-0.1, -0.05) is 30.3 Å². The number of benzene rings is 1. The van der Waals surface area contributed by atoms with Crippen molar-refractivity contribution in [3.8, 4) is 0 Å². The molecule has 2 rings (SSSR count). The van der Waals surface area contributed by atoms with Crippen molar-refractivity contribution in [3.63, 3.8) is 0 Å². The highest BCUT2D eigenvalue weighted by atomic mass is 15.3. The molecule has 0 saturated carbocycles. The average molecular weight is 242 g/mol. The third-order valence-electron chi connectivity index (χ3n) is 2.84. The van der Waals surface area contributed by atoms with E-state index in [-0.39, 0.29) is 0 Å². The van der Waals surface area contributed by atoms with E-state index < -0.39 is 0 Å². The smallest absolute Gasteiger partial charge is 0.151 e. The van der Waals surface area contributed by atoms with Crippen molar-refractivity contribution in [1.29, 1.82) is 0 Å². The summed E-state index contributed by atoms with van der Waals surface area (Å²) in [7, 11) is 0. The summed E-state index contributed by atoms with van der Waals surface area (Å²) < 4.78 is 0. The summed E-state index contributed by atoms with van der Waals surface area (Å²) in [6.45, 7) is 4.28. The molecule has 4 nitrogen and oxygen atoms in total. The number of rotatable bonds is 5. The Kier molecular flexibility index (Phi) is 4.25. The van der Waals surface area contributed by atoms with Crippen molar-refractivity contribution in [2.45, 2.75) is 20.0 Å². The van der Waals surface area contributed by atoms with Crippen molar-refractivity contribution >= 4 is 5.82 Å². The molecule has 0 fully saturated rings. The van der Waals surface area contributed by atoms with Gasteiger partial charge in [0, 0.05) is 19.6 Å². The monoisotopic (exact) mass is 242 g/mol. The predicted molar refractivity (Wildman–Crippen MR) is 73.1 cm³/mol. The molecule has 4 heteroatoms. The molecule has 0 spiro atoms. The van der Waals surface area contributed by atoms with Gasteiger partial charge in [-0.15, -0.1) is 5.10 Å². The molecule has 0 amide bonds. The van der Waals surface area contributed by atoms with E-state index in [4.69, 9.17) is 5.73 Å². The lowest BCUT2D eigenvalue weighted by Gasteiger charge is -2.21. The number of nitrogens with two attached hydrogens (primary N) is 1. The number of hydrogen-bond donors (Lipinski definition) is 1. The Morgan fingerprint density at radius 3 is 2.39 bits per heavy atom. The second-order valence-corrected chi connectivity index (χ2v) is 4.09. The summed E-state index contributed by atoms with van der Waals surface area (Å²) in [4.78, 5) is 2.18. The van der Waals surface area contributed by atoms with Crippen molar-refractivity contribution in [2.24, 2.45) is 5.73 Å². The first-order valence-corrected chi connectivity index (χ1v) is 6.15. The van der Waals surface area contributed by atoms with Crippen LogP contribution in [-0.4, -0.2) is 16.7 Å². The predicted octanol–water partition coefficient (Wildman–Crippen LogP) is 1.96. The standard InChI is InChI=1S/C14H18N4/c1-2-18(11-12-6-4-3-5-7-12)14-9-8-13(10-15)16-17-14/h3-9H,2,10-11,15H2,1H3. The fraction of sp³-hybridized carbons (Fsp3) is 0.286. The average Bonchev–Trinajstić information content (AvgIpc) is 2.46. The summed E-state index contributed by atoms with van der Waals surface area (Å²) >= 11 is 0. The van der Waals surface area contributed by atoms with Gasteiger partial charge in [-0.25, -0.2) is 0 Å². The highest BCUT2D eigenvalue weighted by Crippen LogP contribution is 2.13. The zero-order valence-electron chi connectivity index (χ0n) is 10.6. The molecular weight excluding hydrogens is 224 g/mol. The van der Waals surface area contributed by atoms with Gasteiger partial charge in [0.15, 0.2) is 5.82 Å². The Labute approximate surface area is 107 Å². The van der Waals surface area contributed by atoms with Crippen LogP contribution in [0.5, 0.6) is 0 Å². The SMILES string of the molecule is CCN(Cc1ccccc1)c1ccc(CN)nn1. The molecule has 2 aromatic rings. The van der Waals surface area contributed by atoms with E-state index in [0.717, 1.165) is 24.6 Å². The van der Waals surface area contributed by atoms with Crippen LogP contribution in [0.3, 0.4) is 0 Å². The van der Waals surface area contributed by atoms with Gasteiger partial charge in [-0.3, -0.25) is 0 Å². The van der Waals surface area contributed by atoms with Crippen LogP contribution >= 0.6 is 0 Å². The largest absolute Gasteiger partial charge is 0.351 e. The van der Waals surface area contributed by atoms with Gasteiger partial charge in [0.25, 0.3) is 0 Å². The molecule has 0 saturated heterocycles. The lowest BCUT2D eigenvalue weighted by molar-refractivity contribution is 0.784. The van der Waals surface area contributed by atoms with E-state index >= 15 is 0 Å². The lowest BCUT2D eigenvalue weighted by atomic mass is 10.2. The minimum Gasteiger partial charge on any atom is -0.351 e. The Balaban J connectivity index is 2.12. The van der Waals surface area contributed by atoms with Crippen molar-refractivity contribution < 1.29 is 0 Å². The van der Waals surface area contributed by atoms with Gasteiger partial charge in [-0.2, -0.15) is 5.10 Å². The number of nitrogens with zero attached hydrogens (tertiary/aromatic N) is 3. The summed E-state index contributed by atoms with van der Waals surface area (Å²) in [5, 5.41) is 8.30. The van der Waals surface area contributed by atoms with E-state index in [1.165, 1.54) is 5.56 Å². The molecule has 94 valence electrons. The molecule has 0 atom stereocenters. The maximum absolute atomic E-state index is 5.52. The molecule has 0 aliphatic heterocycles. The van der Waals surface area contributed by atoms with Gasteiger partial charge in [0.1, 0.15) is 0 Å². The molecule has 2 N–H and O–H groups in total. The second kappa shape index (κ2) is 6.12. The van der Waals surface area contributed by atoms with Crippen LogP contribution in [0.25, 0.3) is 0 Å². The maximum atomic E-state index is 5.52. The van der Waals surface area contributed by atoms with Crippen LogP contribution in [0.1, 0.15) is 18.2 Å². The fourth-order valence-electron chi connectivity index (χ4n) is 1.79. The molecule has 0 bridgehead atoms. The fourth-order valence-corrected chi connectivity index (χ4v) is 1.79. The highest BCUT2D eigenvalue weighted by Gasteiger charge is 2.07. The topological polar surface area (TPSA) is 55.0 Å². The van der Waals surface area contributed by atoms with Gasteiger partial charge in [0.2, 0.25) is 0 Å². The van der Waals surface area contributed by atoms with Crippen LogP contribution in [0.15, 0.2) is 42.5 Å².